The Balaban J connectivity index is 1.75. The number of nitrogens with one attached hydrogen (secondary N) is 1. The van der Waals surface area contributed by atoms with Gasteiger partial charge in [0.15, 0.2) is 0 Å². The van der Waals surface area contributed by atoms with E-state index in [-0.39, 0.29) is 11.9 Å². The lowest BCUT2D eigenvalue weighted by Crippen LogP contribution is -2.48. The predicted molar refractivity (Wildman–Crippen MR) is 117 cm³/mol. The zero-order valence-electron chi connectivity index (χ0n) is 16.7. The van der Waals surface area contributed by atoms with Crippen molar-refractivity contribution in [2.24, 2.45) is 11.7 Å². The highest BCUT2D eigenvalue weighted by Crippen LogP contribution is 2.36. The van der Waals surface area contributed by atoms with Crippen LogP contribution in [0, 0.1) is 5.92 Å². The van der Waals surface area contributed by atoms with Crippen LogP contribution in [0.1, 0.15) is 36.2 Å². The highest BCUT2D eigenvalue weighted by Gasteiger charge is 2.33. The number of hydrogen-bond donors (Lipinski definition) is 2. The molecule has 1 heterocycles. The quantitative estimate of drug-likeness (QED) is 0.685. The van der Waals surface area contributed by atoms with Gasteiger partial charge in [0, 0.05) is 12.1 Å². The van der Waals surface area contributed by atoms with Crippen molar-refractivity contribution in [3.8, 4) is 0 Å². The number of rotatable bonds is 5. The highest BCUT2D eigenvalue weighted by molar-refractivity contribution is 6.05. The van der Waals surface area contributed by atoms with Gasteiger partial charge in [-0.15, -0.1) is 0 Å². The van der Waals surface area contributed by atoms with Gasteiger partial charge in [-0.3, -0.25) is 9.59 Å². The molecule has 0 aliphatic carbocycles. The Morgan fingerprint density at radius 2 is 1.83 bits per heavy atom. The monoisotopic (exact) mass is 387 g/mol. The SMILES string of the molecule is CC(C)CC1C(=O)Nc2cc(C(N)=O)ccc2N1Cc1ccc2ccccc2c1. The molecule has 4 rings (SSSR count). The summed E-state index contributed by atoms with van der Waals surface area (Å²) in [5.74, 6) is -0.183. The summed E-state index contributed by atoms with van der Waals surface area (Å²) in [6.07, 6.45) is 0.746. The number of nitrogens with zero attached hydrogens (tertiary/aromatic N) is 1. The van der Waals surface area contributed by atoms with Crippen LogP contribution in [0.2, 0.25) is 0 Å². The normalized spacial score (nSPS) is 16.0. The maximum atomic E-state index is 12.9. The minimum atomic E-state index is -0.507. The maximum absolute atomic E-state index is 12.9. The second-order valence-electron chi connectivity index (χ2n) is 8.04. The third-order valence-electron chi connectivity index (χ3n) is 5.39. The summed E-state index contributed by atoms with van der Waals surface area (Å²) in [6, 6.07) is 19.6. The van der Waals surface area contributed by atoms with Gasteiger partial charge in [-0.25, -0.2) is 0 Å². The van der Waals surface area contributed by atoms with E-state index >= 15 is 0 Å². The first-order valence-electron chi connectivity index (χ1n) is 9.91. The number of benzene rings is 3. The number of amides is 2. The van der Waals surface area contributed by atoms with E-state index in [0.29, 0.717) is 23.7 Å². The molecule has 29 heavy (non-hydrogen) atoms. The lowest BCUT2D eigenvalue weighted by molar-refractivity contribution is -0.118. The Morgan fingerprint density at radius 3 is 2.55 bits per heavy atom. The third kappa shape index (κ3) is 3.81. The summed E-state index contributed by atoms with van der Waals surface area (Å²) in [7, 11) is 0. The van der Waals surface area contributed by atoms with E-state index < -0.39 is 5.91 Å². The Hall–Kier alpha value is -3.34. The molecule has 0 fully saturated rings. The molecule has 2 amide bonds. The predicted octanol–water partition coefficient (Wildman–Crippen LogP) is 4.31. The minimum absolute atomic E-state index is 0.0476. The average Bonchev–Trinajstić information content (AvgIpc) is 2.69. The molecule has 1 unspecified atom stereocenters. The Bertz CT molecular complexity index is 1090. The fraction of sp³-hybridized carbons (Fsp3) is 0.250. The maximum Gasteiger partial charge on any atom is 0.248 e. The first-order valence-corrected chi connectivity index (χ1v) is 9.91. The Labute approximate surface area is 170 Å². The van der Waals surface area contributed by atoms with E-state index in [4.69, 9.17) is 5.73 Å². The van der Waals surface area contributed by atoms with E-state index in [1.54, 1.807) is 12.1 Å². The van der Waals surface area contributed by atoms with E-state index in [1.165, 1.54) is 10.8 Å². The molecule has 0 saturated carbocycles. The van der Waals surface area contributed by atoms with Gasteiger partial charge in [-0.05, 0) is 52.9 Å². The number of anilines is 2. The molecule has 0 radical (unpaired) electrons. The number of primary amides is 1. The third-order valence-corrected chi connectivity index (χ3v) is 5.39. The zero-order chi connectivity index (χ0) is 20.5. The molecular formula is C24H25N3O2. The molecule has 1 aliphatic heterocycles. The number of fused-ring (bicyclic) bond motifs is 2. The van der Waals surface area contributed by atoms with E-state index in [9.17, 15) is 9.59 Å². The van der Waals surface area contributed by atoms with Crippen LogP contribution in [0.15, 0.2) is 60.7 Å². The molecule has 148 valence electrons. The fourth-order valence-electron chi connectivity index (χ4n) is 3.98. The number of carbonyl (C=O) groups is 2. The zero-order valence-corrected chi connectivity index (χ0v) is 16.7. The Morgan fingerprint density at radius 1 is 1.07 bits per heavy atom. The van der Waals surface area contributed by atoms with Crippen LogP contribution in [0.25, 0.3) is 10.8 Å². The van der Waals surface area contributed by atoms with Crippen molar-refractivity contribution in [2.75, 3.05) is 10.2 Å². The molecular weight excluding hydrogens is 362 g/mol. The molecule has 0 bridgehead atoms. The van der Waals surface area contributed by atoms with Crippen molar-refractivity contribution < 1.29 is 9.59 Å². The second kappa shape index (κ2) is 7.59. The van der Waals surface area contributed by atoms with Gasteiger partial charge in [-0.1, -0.05) is 50.2 Å². The van der Waals surface area contributed by atoms with E-state index in [0.717, 1.165) is 17.7 Å². The van der Waals surface area contributed by atoms with Crippen molar-refractivity contribution in [1.29, 1.82) is 0 Å². The smallest absolute Gasteiger partial charge is 0.248 e. The van der Waals surface area contributed by atoms with Crippen molar-refractivity contribution in [3.63, 3.8) is 0 Å². The summed E-state index contributed by atoms with van der Waals surface area (Å²) in [5, 5.41) is 5.34. The number of nitrogens with two attached hydrogens (primary N) is 1. The minimum Gasteiger partial charge on any atom is -0.366 e. The molecule has 5 nitrogen and oxygen atoms in total. The second-order valence-corrected chi connectivity index (χ2v) is 8.04. The summed E-state index contributed by atoms with van der Waals surface area (Å²) in [4.78, 5) is 26.6. The van der Waals surface area contributed by atoms with E-state index in [2.05, 4.69) is 54.4 Å². The van der Waals surface area contributed by atoms with E-state index in [1.807, 2.05) is 18.2 Å². The molecule has 3 N–H and O–H groups in total. The number of hydrogen-bond acceptors (Lipinski definition) is 3. The molecule has 0 saturated heterocycles. The van der Waals surface area contributed by atoms with Gasteiger partial charge < -0.3 is 16.0 Å². The average molecular weight is 387 g/mol. The molecule has 3 aromatic rings. The van der Waals surface area contributed by atoms with Crippen LogP contribution in [-0.2, 0) is 11.3 Å². The van der Waals surface area contributed by atoms with Gasteiger partial charge in [-0.2, -0.15) is 0 Å². The summed E-state index contributed by atoms with van der Waals surface area (Å²) >= 11 is 0. The molecule has 0 aromatic heterocycles. The van der Waals surface area contributed by atoms with Crippen molar-refractivity contribution in [1.82, 2.24) is 0 Å². The topological polar surface area (TPSA) is 75.4 Å². The standard InChI is InChI=1S/C24H25N3O2/c1-15(2)11-22-24(29)26-20-13-19(23(25)28)9-10-21(20)27(22)14-16-7-8-17-5-3-4-6-18(17)12-16/h3-10,12-13,15,22H,11,14H2,1-2H3,(H2,25,28)(H,26,29). The Kier molecular flexibility index (Phi) is 4.97. The van der Waals surface area contributed by atoms with Crippen LogP contribution in [0.4, 0.5) is 11.4 Å². The molecule has 3 aromatic carbocycles. The van der Waals surface area contributed by atoms with Crippen LogP contribution >= 0.6 is 0 Å². The summed E-state index contributed by atoms with van der Waals surface area (Å²) in [5.41, 5.74) is 8.48. The highest BCUT2D eigenvalue weighted by atomic mass is 16.2. The summed E-state index contributed by atoms with van der Waals surface area (Å²) in [6.45, 7) is 4.85. The van der Waals surface area contributed by atoms with Gasteiger partial charge in [0.2, 0.25) is 11.8 Å². The van der Waals surface area contributed by atoms with Gasteiger partial charge >= 0.3 is 0 Å². The fourth-order valence-corrected chi connectivity index (χ4v) is 3.98. The van der Waals surface area contributed by atoms with Crippen molar-refractivity contribution >= 4 is 34.0 Å². The van der Waals surface area contributed by atoms with Crippen LogP contribution in [-0.4, -0.2) is 17.9 Å². The first-order chi connectivity index (χ1) is 13.9. The van der Waals surface area contributed by atoms with Crippen molar-refractivity contribution in [2.45, 2.75) is 32.9 Å². The molecule has 1 aliphatic rings. The lowest BCUT2D eigenvalue weighted by Gasteiger charge is -2.39. The number of carbonyl (C=O) groups excluding carboxylic acids is 2. The van der Waals surface area contributed by atoms with Gasteiger partial charge in [0.1, 0.15) is 6.04 Å². The largest absolute Gasteiger partial charge is 0.366 e. The molecule has 0 spiro atoms. The van der Waals surface area contributed by atoms with Crippen LogP contribution < -0.4 is 16.0 Å². The van der Waals surface area contributed by atoms with Crippen LogP contribution in [0.5, 0.6) is 0 Å². The molecule has 1 atom stereocenters. The first kappa shape index (κ1) is 19.0. The van der Waals surface area contributed by atoms with Crippen LogP contribution in [0.3, 0.4) is 0 Å². The summed E-state index contributed by atoms with van der Waals surface area (Å²) < 4.78 is 0. The van der Waals surface area contributed by atoms with Gasteiger partial charge in [0.05, 0.1) is 11.4 Å². The lowest BCUT2D eigenvalue weighted by atomic mass is 9.96. The van der Waals surface area contributed by atoms with Crippen molar-refractivity contribution in [3.05, 3.63) is 71.8 Å². The van der Waals surface area contributed by atoms with Gasteiger partial charge in [0.25, 0.3) is 0 Å². The molecule has 5 heteroatoms.